The van der Waals surface area contributed by atoms with Gasteiger partial charge in [0.05, 0.1) is 11.1 Å². The Kier molecular flexibility index (Phi) is 7.54. The third-order valence-electron chi connectivity index (χ3n) is 7.31. The first-order chi connectivity index (χ1) is 19.7. The number of unbranched alkanes of at least 4 members (excludes halogenated alkanes) is 1. The molecule has 8 nitrogen and oxygen atoms in total. The van der Waals surface area contributed by atoms with Gasteiger partial charge in [-0.05, 0) is 83.6 Å². The van der Waals surface area contributed by atoms with Crippen LogP contribution in [0.5, 0.6) is 0 Å². The van der Waals surface area contributed by atoms with Crippen molar-refractivity contribution in [2.75, 3.05) is 5.32 Å². The number of carbonyl (C=O) groups is 3. The van der Waals surface area contributed by atoms with Gasteiger partial charge < -0.3 is 27.5 Å². The molecule has 8 N–H and O–H groups in total. The highest BCUT2D eigenvalue weighted by Gasteiger charge is 2.23. The fourth-order valence-electron chi connectivity index (χ4n) is 5.33. The van der Waals surface area contributed by atoms with Crippen LogP contribution in [0.15, 0.2) is 66.7 Å². The van der Waals surface area contributed by atoms with Gasteiger partial charge in [-0.1, -0.05) is 31.5 Å². The van der Waals surface area contributed by atoms with Gasteiger partial charge in [0.25, 0.3) is 11.8 Å². The number of anilines is 1. The number of primary amides is 2. The van der Waals surface area contributed by atoms with Crippen LogP contribution in [-0.4, -0.2) is 22.7 Å². The second-order valence-electron chi connectivity index (χ2n) is 9.92. The molecule has 0 aliphatic rings. The zero-order valence-electron chi connectivity index (χ0n) is 22.5. The number of fused-ring (bicyclic) bond motifs is 3. The molecule has 0 saturated heterocycles. The van der Waals surface area contributed by atoms with Crippen LogP contribution >= 0.6 is 0 Å². The van der Waals surface area contributed by atoms with E-state index in [1.54, 1.807) is 24.3 Å². The molecule has 3 amide bonds. The van der Waals surface area contributed by atoms with Gasteiger partial charge in [-0.2, -0.15) is 0 Å². The average molecular weight is 552 g/mol. The summed E-state index contributed by atoms with van der Waals surface area (Å²) in [4.78, 5) is 41.0. The van der Waals surface area contributed by atoms with E-state index in [1.807, 2.05) is 18.2 Å². The summed E-state index contributed by atoms with van der Waals surface area (Å²) in [6, 6.07) is 17.8. The quantitative estimate of drug-likeness (QED) is 0.167. The Morgan fingerprint density at radius 2 is 1.63 bits per heavy atom. The van der Waals surface area contributed by atoms with E-state index in [0.29, 0.717) is 45.4 Å². The second-order valence-corrected chi connectivity index (χ2v) is 9.92. The van der Waals surface area contributed by atoms with E-state index < -0.39 is 23.5 Å². The fourth-order valence-corrected chi connectivity index (χ4v) is 5.33. The van der Waals surface area contributed by atoms with Crippen LogP contribution in [0.4, 0.5) is 10.1 Å². The van der Waals surface area contributed by atoms with Crippen LogP contribution < -0.4 is 22.5 Å². The molecular formula is C32H30FN5O3. The molecule has 5 aromatic rings. The zero-order valence-corrected chi connectivity index (χ0v) is 22.5. The van der Waals surface area contributed by atoms with E-state index in [0.717, 1.165) is 40.3 Å². The van der Waals surface area contributed by atoms with E-state index in [-0.39, 0.29) is 6.54 Å². The summed E-state index contributed by atoms with van der Waals surface area (Å²) in [5.74, 6) is -1.97. The first kappa shape index (κ1) is 27.5. The minimum atomic E-state index is -0.570. The summed E-state index contributed by atoms with van der Waals surface area (Å²) in [6.45, 7) is 2.17. The lowest BCUT2D eigenvalue weighted by molar-refractivity contribution is 0.0992. The highest BCUT2D eigenvalue weighted by molar-refractivity contribution is 6.21. The van der Waals surface area contributed by atoms with Crippen LogP contribution in [0, 0.1) is 5.82 Å². The van der Waals surface area contributed by atoms with Crippen molar-refractivity contribution in [1.29, 1.82) is 0 Å². The molecule has 0 bridgehead atoms. The van der Waals surface area contributed by atoms with Crippen LogP contribution in [0.1, 0.15) is 62.0 Å². The monoisotopic (exact) mass is 551 g/mol. The maximum atomic E-state index is 13.4. The number of nitrogens with one attached hydrogen (secondary N) is 2. The van der Waals surface area contributed by atoms with Crippen molar-refractivity contribution < 1.29 is 18.8 Å². The normalized spacial score (nSPS) is 11.2. The largest absolute Gasteiger partial charge is 0.366 e. The van der Waals surface area contributed by atoms with Crippen LogP contribution in [-0.2, 0) is 13.0 Å². The molecule has 0 spiro atoms. The van der Waals surface area contributed by atoms with E-state index in [4.69, 9.17) is 17.2 Å². The number of hydrogen-bond donors (Lipinski definition) is 5. The van der Waals surface area contributed by atoms with E-state index >= 15 is 0 Å². The van der Waals surface area contributed by atoms with E-state index in [9.17, 15) is 18.8 Å². The number of H-pyrrole nitrogens is 1. The third-order valence-corrected chi connectivity index (χ3v) is 7.31. The van der Waals surface area contributed by atoms with Crippen molar-refractivity contribution in [2.45, 2.75) is 32.7 Å². The van der Waals surface area contributed by atoms with Gasteiger partial charge in [0, 0.05) is 39.6 Å². The molecule has 0 aliphatic heterocycles. The molecule has 9 heteroatoms. The molecule has 41 heavy (non-hydrogen) atoms. The van der Waals surface area contributed by atoms with E-state index in [1.165, 1.54) is 24.3 Å². The van der Waals surface area contributed by atoms with Gasteiger partial charge in [-0.25, -0.2) is 4.39 Å². The number of nitrogens with two attached hydrogens (primary N) is 3. The number of rotatable bonds is 9. The SMILES string of the molecule is CCCCc1cc(-c2cccc(NC(=O)c3ccc(F)cc3)c2CN)c2c([nH]c3cc(C(N)=O)ccc32)c1C(N)=O. The second kappa shape index (κ2) is 11.2. The third kappa shape index (κ3) is 5.15. The van der Waals surface area contributed by atoms with Gasteiger partial charge in [0.2, 0.25) is 5.91 Å². The molecule has 1 heterocycles. The number of hydrogen-bond acceptors (Lipinski definition) is 4. The summed E-state index contributed by atoms with van der Waals surface area (Å²) >= 11 is 0. The fraction of sp³-hybridized carbons (Fsp3) is 0.156. The maximum Gasteiger partial charge on any atom is 0.255 e. The smallest absolute Gasteiger partial charge is 0.255 e. The molecule has 0 fully saturated rings. The van der Waals surface area contributed by atoms with Gasteiger partial charge in [0.15, 0.2) is 0 Å². The number of amides is 3. The molecule has 4 aromatic carbocycles. The van der Waals surface area contributed by atoms with Gasteiger partial charge >= 0.3 is 0 Å². The Morgan fingerprint density at radius 1 is 0.902 bits per heavy atom. The summed E-state index contributed by atoms with van der Waals surface area (Å²) < 4.78 is 13.4. The molecule has 208 valence electrons. The number of halogens is 1. The lowest BCUT2D eigenvalue weighted by Crippen LogP contribution is -2.16. The summed E-state index contributed by atoms with van der Waals surface area (Å²) in [6.07, 6.45) is 2.38. The lowest BCUT2D eigenvalue weighted by Gasteiger charge is -2.18. The van der Waals surface area contributed by atoms with Crippen molar-refractivity contribution in [3.05, 3.63) is 100 Å². The zero-order chi connectivity index (χ0) is 29.3. The van der Waals surface area contributed by atoms with Crippen molar-refractivity contribution in [3.63, 3.8) is 0 Å². The molecule has 0 aliphatic carbocycles. The van der Waals surface area contributed by atoms with Crippen molar-refractivity contribution in [2.24, 2.45) is 17.2 Å². The van der Waals surface area contributed by atoms with Crippen LogP contribution in [0.2, 0.25) is 0 Å². The maximum absolute atomic E-state index is 13.4. The average Bonchev–Trinajstić information content (AvgIpc) is 3.33. The van der Waals surface area contributed by atoms with Gasteiger partial charge in [0.1, 0.15) is 5.82 Å². The van der Waals surface area contributed by atoms with Crippen LogP contribution in [0.3, 0.4) is 0 Å². The molecule has 0 atom stereocenters. The van der Waals surface area contributed by atoms with Gasteiger partial charge in [-0.15, -0.1) is 0 Å². The Morgan fingerprint density at radius 3 is 2.29 bits per heavy atom. The summed E-state index contributed by atoms with van der Waals surface area (Å²) in [5.41, 5.74) is 23.5. The molecular weight excluding hydrogens is 521 g/mol. The topological polar surface area (TPSA) is 157 Å². The highest BCUT2D eigenvalue weighted by atomic mass is 19.1. The number of carbonyl (C=O) groups excluding carboxylic acids is 3. The minimum Gasteiger partial charge on any atom is -0.366 e. The Balaban J connectivity index is 1.77. The number of benzene rings is 4. The van der Waals surface area contributed by atoms with Crippen molar-refractivity contribution in [3.8, 4) is 11.1 Å². The number of aromatic nitrogens is 1. The minimum absolute atomic E-state index is 0.104. The van der Waals surface area contributed by atoms with Crippen molar-refractivity contribution >= 4 is 45.2 Å². The molecule has 0 saturated carbocycles. The molecule has 5 rings (SSSR count). The number of aryl methyl sites for hydroxylation is 1. The van der Waals surface area contributed by atoms with Crippen LogP contribution in [0.25, 0.3) is 32.9 Å². The predicted octanol–water partition coefficient (Wildman–Crippen LogP) is 5.38. The van der Waals surface area contributed by atoms with E-state index in [2.05, 4.69) is 17.2 Å². The molecule has 0 radical (unpaired) electrons. The highest BCUT2D eigenvalue weighted by Crippen LogP contribution is 2.41. The summed E-state index contributed by atoms with van der Waals surface area (Å²) in [5, 5.41) is 4.42. The van der Waals surface area contributed by atoms with Gasteiger partial charge in [-0.3, -0.25) is 14.4 Å². The van der Waals surface area contributed by atoms with Crippen molar-refractivity contribution in [1.82, 2.24) is 4.98 Å². The predicted molar refractivity (Wildman–Crippen MR) is 159 cm³/mol. The number of aromatic amines is 1. The molecule has 0 unspecified atom stereocenters. The first-order valence-electron chi connectivity index (χ1n) is 13.3. The standard InChI is InChI=1S/C32H30FN5O3/c1-2-3-5-18-14-23(28-22-13-10-19(30(35)39)15-26(22)37-29(28)27(18)31(36)40)21-6-4-7-25(24(21)16-34)38-32(41)17-8-11-20(33)12-9-17/h4,6-15,37H,2-3,5,16,34H2,1H3,(H2,35,39)(H2,36,40)(H,38,41). The molecule has 1 aromatic heterocycles. The Labute approximate surface area is 235 Å². The lowest BCUT2D eigenvalue weighted by atomic mass is 9.88. The summed E-state index contributed by atoms with van der Waals surface area (Å²) in [7, 11) is 0. The first-order valence-corrected chi connectivity index (χ1v) is 13.3. The Hall–Kier alpha value is -5.02. The Bertz CT molecular complexity index is 1830.